The fourth-order valence-electron chi connectivity index (χ4n) is 3.85. The molecule has 0 unspecified atom stereocenters. The van der Waals surface area contributed by atoms with Gasteiger partial charge in [-0.2, -0.15) is 13.2 Å². The summed E-state index contributed by atoms with van der Waals surface area (Å²) in [7, 11) is 0. The molecule has 7 heteroatoms. The number of aromatic nitrogens is 1. The van der Waals surface area contributed by atoms with E-state index in [4.69, 9.17) is 4.98 Å². The summed E-state index contributed by atoms with van der Waals surface area (Å²) >= 11 is 0. The van der Waals surface area contributed by atoms with Crippen molar-refractivity contribution >= 4 is 28.3 Å². The summed E-state index contributed by atoms with van der Waals surface area (Å²) < 4.78 is 37.9. The van der Waals surface area contributed by atoms with Crippen molar-refractivity contribution in [3.8, 4) is 0 Å². The average molecular weight is 427 g/mol. The van der Waals surface area contributed by atoms with E-state index in [2.05, 4.69) is 17.1 Å². The van der Waals surface area contributed by atoms with Crippen molar-refractivity contribution < 1.29 is 18.0 Å². The quantitative estimate of drug-likeness (QED) is 0.571. The number of benzene rings is 2. The highest BCUT2D eigenvalue weighted by Crippen LogP contribution is 2.29. The van der Waals surface area contributed by atoms with Gasteiger partial charge in [0.25, 0.3) is 0 Å². The maximum Gasteiger partial charge on any atom is 0.416 e. The minimum Gasteiger partial charge on any atom is -0.356 e. The number of fused-ring (bicyclic) bond motifs is 1. The molecule has 3 aromatic rings. The molecule has 31 heavy (non-hydrogen) atoms. The minimum atomic E-state index is -4.35. The van der Waals surface area contributed by atoms with Crippen LogP contribution in [0.3, 0.4) is 0 Å². The molecule has 1 amide bonds. The van der Waals surface area contributed by atoms with Crippen LogP contribution in [0.5, 0.6) is 0 Å². The largest absolute Gasteiger partial charge is 0.416 e. The number of anilines is 2. The maximum absolute atomic E-state index is 12.6. The Morgan fingerprint density at radius 3 is 2.58 bits per heavy atom. The molecule has 0 aliphatic carbocycles. The lowest BCUT2D eigenvalue weighted by atomic mass is 10.1. The normalized spacial score (nSPS) is 16.6. The molecule has 0 saturated carbocycles. The number of nitrogens with one attached hydrogen (secondary N) is 1. The predicted octanol–water partition coefficient (Wildman–Crippen LogP) is 5.67. The van der Waals surface area contributed by atoms with Crippen LogP contribution in [0, 0.1) is 5.92 Å². The molecule has 0 radical (unpaired) electrons. The third-order valence-corrected chi connectivity index (χ3v) is 5.63. The number of carbonyl (C=O) groups is 1. The van der Waals surface area contributed by atoms with Crippen molar-refractivity contribution in [2.75, 3.05) is 23.3 Å². The van der Waals surface area contributed by atoms with Gasteiger partial charge in [0, 0.05) is 30.6 Å². The summed E-state index contributed by atoms with van der Waals surface area (Å²) in [5, 5.41) is 3.80. The molecule has 162 valence electrons. The average Bonchev–Trinajstić information content (AvgIpc) is 3.18. The second-order valence-corrected chi connectivity index (χ2v) is 8.16. The Kier molecular flexibility index (Phi) is 5.85. The number of pyridine rings is 1. The van der Waals surface area contributed by atoms with Crippen LogP contribution < -0.4 is 10.2 Å². The van der Waals surface area contributed by atoms with Gasteiger partial charge in [0.15, 0.2) is 0 Å². The summed E-state index contributed by atoms with van der Waals surface area (Å²) in [4.78, 5) is 19.3. The fraction of sp³-hybridized carbons (Fsp3) is 0.333. The zero-order valence-corrected chi connectivity index (χ0v) is 17.2. The Hall–Kier alpha value is -3.09. The van der Waals surface area contributed by atoms with E-state index in [0.29, 0.717) is 23.6 Å². The number of nitrogens with zero attached hydrogens (tertiary/aromatic N) is 2. The van der Waals surface area contributed by atoms with Crippen LogP contribution >= 0.6 is 0 Å². The van der Waals surface area contributed by atoms with Gasteiger partial charge in [0.1, 0.15) is 5.82 Å². The molecule has 4 nitrogen and oxygen atoms in total. The van der Waals surface area contributed by atoms with E-state index in [9.17, 15) is 18.0 Å². The van der Waals surface area contributed by atoms with E-state index >= 15 is 0 Å². The van der Waals surface area contributed by atoms with E-state index in [1.165, 1.54) is 18.6 Å². The molecule has 1 aliphatic rings. The molecular weight excluding hydrogens is 403 g/mol. The number of hydrogen-bond donors (Lipinski definition) is 1. The van der Waals surface area contributed by atoms with Crippen LogP contribution in [0.25, 0.3) is 10.9 Å². The molecule has 0 spiro atoms. The van der Waals surface area contributed by atoms with E-state index in [-0.39, 0.29) is 12.3 Å². The first-order chi connectivity index (χ1) is 14.8. The van der Waals surface area contributed by atoms with Gasteiger partial charge in [-0.3, -0.25) is 4.79 Å². The van der Waals surface area contributed by atoms with E-state index < -0.39 is 11.7 Å². The van der Waals surface area contributed by atoms with Crippen molar-refractivity contribution in [3.63, 3.8) is 0 Å². The fourth-order valence-corrected chi connectivity index (χ4v) is 3.85. The molecule has 1 saturated heterocycles. The second-order valence-electron chi connectivity index (χ2n) is 8.16. The van der Waals surface area contributed by atoms with Crippen LogP contribution in [-0.4, -0.2) is 24.0 Å². The Bertz CT molecular complexity index is 1080. The summed E-state index contributed by atoms with van der Waals surface area (Å²) in [5.41, 5.74) is 1.55. The number of alkyl halides is 3. The number of hydrogen-bond acceptors (Lipinski definition) is 3. The molecule has 1 aliphatic heterocycles. The van der Waals surface area contributed by atoms with Crippen LogP contribution in [0.15, 0.2) is 54.6 Å². The predicted molar refractivity (Wildman–Crippen MR) is 116 cm³/mol. The van der Waals surface area contributed by atoms with Gasteiger partial charge < -0.3 is 10.2 Å². The molecule has 0 bridgehead atoms. The van der Waals surface area contributed by atoms with E-state index in [0.717, 1.165) is 41.9 Å². The Morgan fingerprint density at radius 1 is 1.13 bits per heavy atom. The first-order valence-electron chi connectivity index (χ1n) is 10.4. The summed E-state index contributed by atoms with van der Waals surface area (Å²) in [6.45, 7) is 4.28. The van der Waals surface area contributed by atoms with Crippen LogP contribution in [0.4, 0.5) is 24.7 Å². The third kappa shape index (κ3) is 5.16. The molecular formula is C24H24F3N3O. The van der Waals surface area contributed by atoms with Gasteiger partial charge in [-0.15, -0.1) is 0 Å². The summed E-state index contributed by atoms with van der Waals surface area (Å²) in [5.74, 6) is 1.47. The molecule has 4 rings (SSSR count). The third-order valence-electron chi connectivity index (χ3n) is 5.63. The van der Waals surface area contributed by atoms with Crippen molar-refractivity contribution in [3.05, 3.63) is 65.7 Å². The van der Waals surface area contributed by atoms with E-state index in [1.807, 2.05) is 30.3 Å². The van der Waals surface area contributed by atoms with Crippen LogP contribution in [0.2, 0.25) is 0 Å². The molecule has 1 N–H and O–H groups in total. The number of halogens is 3. The van der Waals surface area contributed by atoms with Crippen molar-refractivity contribution in [1.82, 2.24) is 4.98 Å². The maximum atomic E-state index is 12.6. The Labute approximate surface area is 179 Å². The van der Waals surface area contributed by atoms with Gasteiger partial charge in [-0.25, -0.2) is 4.98 Å². The first-order valence-corrected chi connectivity index (χ1v) is 10.4. The van der Waals surface area contributed by atoms with Crippen LogP contribution in [-0.2, 0) is 17.4 Å². The number of rotatable bonds is 5. The zero-order chi connectivity index (χ0) is 22.0. The lowest BCUT2D eigenvalue weighted by molar-refractivity contribution is -0.137. The van der Waals surface area contributed by atoms with Gasteiger partial charge in [-0.05, 0) is 66.8 Å². The number of amides is 1. The SMILES string of the molecule is C[C@H]1CCN(c2ccc3cc(NC(=O)CCc4ccc(C(F)(F)F)cc4)ccc3n2)C1. The topological polar surface area (TPSA) is 45.2 Å². The monoisotopic (exact) mass is 427 g/mol. The summed E-state index contributed by atoms with van der Waals surface area (Å²) in [6, 6.07) is 14.5. The minimum absolute atomic E-state index is 0.185. The van der Waals surface area contributed by atoms with E-state index in [1.54, 1.807) is 0 Å². The van der Waals surface area contributed by atoms with Gasteiger partial charge in [-0.1, -0.05) is 19.1 Å². The Balaban J connectivity index is 1.36. The zero-order valence-electron chi connectivity index (χ0n) is 17.2. The molecule has 1 atom stereocenters. The highest BCUT2D eigenvalue weighted by atomic mass is 19.4. The molecule has 2 aromatic carbocycles. The first kappa shape index (κ1) is 21.2. The number of carbonyl (C=O) groups excluding carboxylic acids is 1. The highest BCUT2D eigenvalue weighted by molar-refractivity contribution is 5.94. The molecule has 2 heterocycles. The van der Waals surface area contributed by atoms with Crippen LogP contribution in [0.1, 0.15) is 30.9 Å². The van der Waals surface area contributed by atoms with Gasteiger partial charge in [0.2, 0.25) is 5.91 Å². The summed E-state index contributed by atoms with van der Waals surface area (Å²) in [6.07, 6.45) is -2.61. The van der Waals surface area contributed by atoms with Crippen molar-refractivity contribution in [2.24, 2.45) is 5.92 Å². The smallest absolute Gasteiger partial charge is 0.356 e. The second kappa shape index (κ2) is 8.57. The Morgan fingerprint density at radius 2 is 1.90 bits per heavy atom. The van der Waals surface area contributed by atoms with Crippen molar-refractivity contribution in [1.29, 1.82) is 0 Å². The standard InChI is InChI=1S/C24H24F3N3O/c1-16-12-13-30(15-16)22-10-5-18-14-20(8-9-21(18)29-22)28-23(31)11-4-17-2-6-19(7-3-17)24(25,26)27/h2-3,5-10,14,16H,4,11-13,15H2,1H3,(H,28,31)/t16-/m0/s1. The van der Waals surface area contributed by atoms with Crippen molar-refractivity contribution in [2.45, 2.75) is 32.4 Å². The van der Waals surface area contributed by atoms with Gasteiger partial charge in [0.05, 0.1) is 11.1 Å². The van der Waals surface area contributed by atoms with Gasteiger partial charge >= 0.3 is 6.18 Å². The number of aryl methyl sites for hydroxylation is 1. The lowest BCUT2D eigenvalue weighted by Crippen LogP contribution is -2.20. The lowest BCUT2D eigenvalue weighted by Gasteiger charge is -2.17. The highest BCUT2D eigenvalue weighted by Gasteiger charge is 2.29. The molecule has 1 fully saturated rings. The molecule has 1 aromatic heterocycles.